The van der Waals surface area contributed by atoms with Gasteiger partial charge in [-0.05, 0) is 80.1 Å². The lowest BCUT2D eigenvalue weighted by Crippen LogP contribution is -2.36. The summed E-state index contributed by atoms with van der Waals surface area (Å²) in [5.74, 6) is -0.0704. The molecular formula is C40H55F3N7O7+. The van der Waals surface area contributed by atoms with E-state index in [-0.39, 0.29) is 41.8 Å². The zero-order valence-corrected chi connectivity index (χ0v) is 32.7. The lowest BCUT2D eigenvalue weighted by Gasteiger charge is -2.16. The van der Waals surface area contributed by atoms with E-state index in [0.29, 0.717) is 69.9 Å². The molecule has 0 saturated heterocycles. The van der Waals surface area contributed by atoms with Crippen molar-refractivity contribution in [3.05, 3.63) is 83.4 Å². The van der Waals surface area contributed by atoms with Crippen LogP contribution in [0.4, 0.5) is 18.9 Å². The minimum Gasteiger partial charge on any atom is -0.494 e. The van der Waals surface area contributed by atoms with E-state index in [1.807, 2.05) is 0 Å². The van der Waals surface area contributed by atoms with Crippen LogP contribution >= 0.6 is 0 Å². The Kier molecular flexibility index (Phi) is 21.0. The fourth-order valence-corrected chi connectivity index (χ4v) is 5.33. The highest BCUT2D eigenvalue weighted by Crippen LogP contribution is 2.34. The van der Waals surface area contributed by atoms with Gasteiger partial charge >= 0.3 is 12.1 Å². The number of alkyl halides is 3. The molecule has 0 atom stereocenters. The molecule has 17 heteroatoms. The van der Waals surface area contributed by atoms with E-state index in [4.69, 9.17) is 30.1 Å². The van der Waals surface area contributed by atoms with Crippen molar-refractivity contribution in [3.8, 4) is 5.75 Å². The number of ether oxygens (including phenoxy) is 5. The van der Waals surface area contributed by atoms with Gasteiger partial charge in [0.2, 0.25) is 5.84 Å². The Bertz CT molecular complexity index is 1710. The smallest absolute Gasteiger partial charge is 0.416 e. The maximum absolute atomic E-state index is 13.9. The van der Waals surface area contributed by atoms with Gasteiger partial charge in [-0.25, -0.2) is 14.5 Å². The van der Waals surface area contributed by atoms with E-state index >= 15 is 0 Å². The number of hydrogen-bond donors (Lipinski definition) is 4. The number of esters is 1. The van der Waals surface area contributed by atoms with Crippen LogP contribution in [-0.4, -0.2) is 105 Å². The lowest BCUT2D eigenvalue weighted by atomic mass is 10.1. The molecule has 3 aromatic rings. The van der Waals surface area contributed by atoms with Crippen LogP contribution < -0.4 is 21.1 Å². The number of benzene rings is 2. The van der Waals surface area contributed by atoms with Gasteiger partial charge in [-0.1, -0.05) is 18.9 Å². The molecule has 0 unspecified atom stereocenters. The predicted octanol–water partition coefficient (Wildman–Crippen LogP) is 5.58. The fourth-order valence-electron chi connectivity index (χ4n) is 5.33. The minimum atomic E-state index is -4.62. The molecule has 0 aliphatic heterocycles. The van der Waals surface area contributed by atoms with Crippen LogP contribution in [0.3, 0.4) is 0 Å². The molecular weight excluding hydrogens is 747 g/mol. The fraction of sp³-hybridized carbons (Fsp3) is 0.500. The van der Waals surface area contributed by atoms with Crippen molar-refractivity contribution in [1.82, 2.24) is 15.3 Å². The second-order valence-corrected chi connectivity index (χ2v) is 12.9. The van der Waals surface area contributed by atoms with Crippen LogP contribution in [0.5, 0.6) is 5.75 Å². The van der Waals surface area contributed by atoms with Crippen molar-refractivity contribution < 1.29 is 51.0 Å². The molecule has 312 valence electrons. The molecule has 3 rings (SSSR count). The Morgan fingerprint density at radius 1 is 0.860 bits per heavy atom. The standard InChI is InChI=1S/C40H54F3N7O7/c1-50(38(45)35-16-17-46-29-49-35)36(44)28-47-32-12-10-11-30(25-32)39(52)48-27-31-26-33(14-15-34(31)40(41,42)43)57-20-9-4-3-7-18-54-21-23-56-24-22-55-19-8-5-6-13-37(51)53-2/h10-12,14-17,25-26,29,44-45,47H,3-9,13,18-24,27-28H2,1-2H3,(H,48,52)/p+1. The molecule has 0 radical (unpaired) electrons. The monoisotopic (exact) mass is 802 g/mol. The number of halogens is 3. The van der Waals surface area contributed by atoms with Crippen LogP contribution in [0.25, 0.3) is 0 Å². The third-order valence-corrected chi connectivity index (χ3v) is 8.60. The number of nitrogens with two attached hydrogens (primary N) is 1. The molecule has 57 heavy (non-hydrogen) atoms. The van der Waals surface area contributed by atoms with Crippen molar-refractivity contribution >= 4 is 29.2 Å². The molecule has 14 nitrogen and oxygen atoms in total. The van der Waals surface area contributed by atoms with Crippen LogP contribution in [0.1, 0.15) is 78.5 Å². The molecule has 2 aromatic carbocycles. The molecule has 1 amide bonds. The molecule has 0 fully saturated rings. The summed E-state index contributed by atoms with van der Waals surface area (Å²) in [6.45, 7) is 3.32. The number of hydrogen-bond acceptors (Lipinski definition) is 11. The predicted molar refractivity (Wildman–Crippen MR) is 209 cm³/mol. The summed E-state index contributed by atoms with van der Waals surface area (Å²) in [7, 11) is 3.01. The maximum Gasteiger partial charge on any atom is 0.416 e. The normalized spacial score (nSPS) is 11.8. The van der Waals surface area contributed by atoms with E-state index in [1.165, 1.54) is 36.3 Å². The second kappa shape index (κ2) is 25.9. The average molecular weight is 803 g/mol. The zero-order chi connectivity index (χ0) is 41.3. The Morgan fingerprint density at radius 2 is 1.53 bits per heavy atom. The van der Waals surface area contributed by atoms with Crippen molar-refractivity contribution in [2.45, 2.75) is 64.1 Å². The van der Waals surface area contributed by atoms with Gasteiger partial charge in [0, 0.05) is 43.6 Å². The highest BCUT2D eigenvalue weighted by Gasteiger charge is 2.33. The highest BCUT2D eigenvalue weighted by molar-refractivity contribution is 5.96. The Labute approximate surface area is 331 Å². The first-order valence-corrected chi connectivity index (χ1v) is 18.9. The molecule has 1 heterocycles. The van der Waals surface area contributed by atoms with Crippen LogP contribution in [0.15, 0.2) is 61.1 Å². The number of amidine groups is 2. The summed E-state index contributed by atoms with van der Waals surface area (Å²) < 4.78 is 70.0. The number of carbonyl (C=O) groups is 2. The van der Waals surface area contributed by atoms with Crippen molar-refractivity contribution in [3.63, 3.8) is 0 Å². The zero-order valence-electron chi connectivity index (χ0n) is 32.7. The first kappa shape index (κ1) is 46.3. The SMILES string of the molecule is COC(=O)CCCCCOCCOCCOCCCCCCOc1ccc(C(F)(F)F)c(CNC(=O)c2cccc(NCC(N)=[N+](C)C(=N)c3ccncn3)c2)c1. The van der Waals surface area contributed by atoms with Gasteiger partial charge in [-0.15, -0.1) is 0 Å². The number of methoxy groups -OCH3 is 1. The third-order valence-electron chi connectivity index (χ3n) is 8.60. The van der Waals surface area contributed by atoms with Gasteiger partial charge in [0.25, 0.3) is 11.7 Å². The van der Waals surface area contributed by atoms with Gasteiger partial charge in [0.1, 0.15) is 24.3 Å². The third kappa shape index (κ3) is 18.1. The van der Waals surface area contributed by atoms with E-state index in [1.54, 1.807) is 37.4 Å². The quantitative estimate of drug-likeness (QED) is 0.0248. The van der Waals surface area contributed by atoms with E-state index in [9.17, 15) is 22.8 Å². The summed E-state index contributed by atoms with van der Waals surface area (Å²) in [6.07, 6.45) is 4.63. The summed E-state index contributed by atoms with van der Waals surface area (Å²) >= 11 is 0. The number of aromatic nitrogens is 2. The van der Waals surface area contributed by atoms with Gasteiger partial charge in [0.15, 0.2) is 0 Å². The van der Waals surface area contributed by atoms with Crippen molar-refractivity contribution in [2.24, 2.45) is 5.73 Å². The molecule has 0 aliphatic rings. The average Bonchev–Trinajstić information content (AvgIpc) is 3.22. The van der Waals surface area contributed by atoms with Crippen molar-refractivity contribution in [1.29, 1.82) is 5.41 Å². The maximum atomic E-state index is 13.9. The van der Waals surface area contributed by atoms with Crippen LogP contribution in [0, 0.1) is 5.41 Å². The Hall–Kier alpha value is -5.13. The molecule has 0 aliphatic carbocycles. The molecule has 1 aromatic heterocycles. The summed E-state index contributed by atoms with van der Waals surface area (Å²) in [6, 6.07) is 11.6. The van der Waals surface area contributed by atoms with Crippen LogP contribution in [-0.2, 0) is 36.5 Å². The number of carbonyl (C=O) groups excluding carboxylic acids is 2. The second-order valence-electron chi connectivity index (χ2n) is 12.9. The van der Waals surface area contributed by atoms with Gasteiger partial charge in [-0.3, -0.25) is 9.59 Å². The topological polar surface area (TPSA) is 183 Å². The first-order valence-electron chi connectivity index (χ1n) is 18.9. The van der Waals surface area contributed by atoms with Crippen molar-refractivity contribution in [2.75, 3.05) is 72.3 Å². The minimum absolute atomic E-state index is 0.0750. The van der Waals surface area contributed by atoms with Gasteiger partial charge in [0.05, 0.1) is 52.8 Å². The van der Waals surface area contributed by atoms with Gasteiger partial charge in [-0.2, -0.15) is 18.6 Å². The number of anilines is 1. The molecule has 0 saturated carbocycles. The highest BCUT2D eigenvalue weighted by atomic mass is 19.4. The number of amides is 1. The number of rotatable bonds is 27. The summed E-state index contributed by atoms with van der Waals surface area (Å²) in [5.41, 5.74) is 6.39. The van der Waals surface area contributed by atoms with E-state index in [0.717, 1.165) is 51.0 Å². The molecule has 0 bridgehead atoms. The molecule has 0 spiro atoms. The lowest BCUT2D eigenvalue weighted by molar-refractivity contribution is -0.373. The van der Waals surface area contributed by atoms with Crippen LogP contribution in [0.2, 0.25) is 0 Å². The number of nitrogens with one attached hydrogen (secondary N) is 3. The van der Waals surface area contributed by atoms with Gasteiger partial charge < -0.3 is 40.1 Å². The largest absolute Gasteiger partial charge is 0.494 e. The summed E-state index contributed by atoms with van der Waals surface area (Å²) in [4.78, 5) is 32.0. The number of nitrogens with zero attached hydrogens (tertiary/aromatic N) is 3. The summed E-state index contributed by atoms with van der Waals surface area (Å²) in [5, 5.41) is 14.0. The Balaban J connectivity index is 1.32. The Morgan fingerprint density at radius 3 is 2.18 bits per heavy atom. The number of unbranched alkanes of at least 4 members (excludes halogenated alkanes) is 5. The van der Waals surface area contributed by atoms with E-state index in [2.05, 4.69) is 25.3 Å². The first-order chi connectivity index (χ1) is 27.5. The molecule has 5 N–H and O–H groups in total. The van der Waals surface area contributed by atoms with E-state index < -0.39 is 17.6 Å².